The first-order valence-corrected chi connectivity index (χ1v) is 16.1. The molecule has 1 saturated carbocycles. The fourth-order valence-electron chi connectivity index (χ4n) is 6.68. The van der Waals surface area contributed by atoms with Gasteiger partial charge in [0.15, 0.2) is 0 Å². The van der Waals surface area contributed by atoms with Crippen molar-refractivity contribution in [1.82, 2.24) is 10.2 Å². The molecule has 2 amide bonds. The van der Waals surface area contributed by atoms with E-state index in [0.717, 1.165) is 30.5 Å². The normalized spacial score (nSPS) is 21.1. The Hall–Kier alpha value is -3.76. The number of carbonyl (C=O) groups excluding carboxylic acids is 2. The maximum atomic E-state index is 14.6. The number of nitrogens with one attached hydrogen (secondary N) is 1. The number of hydrogen-bond donors (Lipinski definition) is 2. The van der Waals surface area contributed by atoms with Crippen molar-refractivity contribution in [2.75, 3.05) is 6.54 Å². The molecule has 2 aromatic rings. The van der Waals surface area contributed by atoms with E-state index in [2.05, 4.69) is 46.9 Å². The van der Waals surface area contributed by atoms with Crippen LogP contribution in [0.4, 0.5) is 17.6 Å². The number of nitrogens with zero attached hydrogens (tertiary/aromatic N) is 2. The van der Waals surface area contributed by atoms with E-state index in [9.17, 15) is 31.9 Å². The highest BCUT2D eigenvalue weighted by molar-refractivity contribution is 6.46. The van der Waals surface area contributed by atoms with Crippen molar-refractivity contribution in [3.05, 3.63) is 70.5 Å². The molecule has 0 bridgehead atoms. The summed E-state index contributed by atoms with van der Waals surface area (Å²) in [5.74, 6) is -2.77. The number of aliphatic imine (C=N–C) groups is 1. The molecule has 11 heteroatoms. The molecule has 2 aromatic carbocycles. The van der Waals surface area contributed by atoms with Crippen molar-refractivity contribution in [3.8, 4) is 0 Å². The molecule has 1 heterocycles. The third kappa shape index (κ3) is 8.59. The molecule has 0 aromatic heterocycles. The van der Waals surface area contributed by atoms with E-state index in [1.54, 1.807) is 29.2 Å². The number of carboxylic acid groups (broad SMARTS) is 1. The van der Waals surface area contributed by atoms with Crippen LogP contribution in [0.15, 0.2) is 47.5 Å². The maximum absolute atomic E-state index is 14.6. The molecular formula is C36H45F4N3O4. The van der Waals surface area contributed by atoms with E-state index in [1.165, 1.54) is 0 Å². The molecule has 2 aliphatic rings. The zero-order valence-corrected chi connectivity index (χ0v) is 27.9. The number of halogens is 4. The van der Waals surface area contributed by atoms with Crippen LogP contribution in [0.5, 0.6) is 0 Å². The van der Waals surface area contributed by atoms with Gasteiger partial charge in [-0.3, -0.25) is 19.4 Å². The lowest BCUT2D eigenvalue weighted by Gasteiger charge is -2.47. The summed E-state index contributed by atoms with van der Waals surface area (Å²) in [4.78, 5) is 44.6. The summed E-state index contributed by atoms with van der Waals surface area (Å²) in [6.45, 7) is 12.7. The Morgan fingerprint density at radius 1 is 1.02 bits per heavy atom. The third-order valence-electron chi connectivity index (χ3n) is 9.36. The molecule has 1 aliphatic carbocycles. The molecule has 1 fully saturated rings. The van der Waals surface area contributed by atoms with Crippen LogP contribution in [0.3, 0.4) is 0 Å². The van der Waals surface area contributed by atoms with Crippen LogP contribution in [0.2, 0.25) is 0 Å². The largest absolute Gasteiger partial charge is 0.481 e. The summed E-state index contributed by atoms with van der Waals surface area (Å²) in [5.41, 5.74) is -1.66. The number of amides is 2. The summed E-state index contributed by atoms with van der Waals surface area (Å²) in [7, 11) is 0. The first kappa shape index (κ1) is 36.1. The Bertz CT molecular complexity index is 1510. The average Bonchev–Trinajstić information content (AvgIpc) is 3.22. The molecule has 1 spiro atoms. The van der Waals surface area contributed by atoms with Gasteiger partial charge in [0.2, 0.25) is 0 Å². The number of hydrogen-bond acceptors (Lipinski definition) is 4. The van der Waals surface area contributed by atoms with Gasteiger partial charge in [0, 0.05) is 17.7 Å². The van der Waals surface area contributed by atoms with Crippen LogP contribution >= 0.6 is 0 Å². The van der Waals surface area contributed by atoms with E-state index in [4.69, 9.17) is 10.1 Å². The summed E-state index contributed by atoms with van der Waals surface area (Å²) >= 11 is 0. The first-order chi connectivity index (χ1) is 21.7. The number of aliphatic carboxylic acids is 1. The Kier molecular flexibility index (Phi) is 10.3. The van der Waals surface area contributed by atoms with Gasteiger partial charge < -0.3 is 15.3 Å². The fraction of sp³-hybridized carbons (Fsp3) is 0.556. The Morgan fingerprint density at radius 2 is 1.64 bits per heavy atom. The Morgan fingerprint density at radius 3 is 2.17 bits per heavy atom. The van der Waals surface area contributed by atoms with Crippen molar-refractivity contribution < 1.29 is 37.1 Å². The highest BCUT2D eigenvalue weighted by Gasteiger charge is 2.53. The van der Waals surface area contributed by atoms with E-state index in [-0.39, 0.29) is 35.1 Å². The van der Waals surface area contributed by atoms with Gasteiger partial charge in [-0.1, -0.05) is 53.7 Å². The van der Waals surface area contributed by atoms with Gasteiger partial charge >= 0.3 is 12.1 Å². The molecule has 2 N–H and O–H groups in total. The second kappa shape index (κ2) is 13.4. The lowest BCUT2D eigenvalue weighted by molar-refractivity contribution is -0.138. The molecule has 0 saturated heterocycles. The number of carboxylic acids is 1. The zero-order valence-electron chi connectivity index (χ0n) is 27.9. The predicted molar refractivity (Wildman–Crippen MR) is 171 cm³/mol. The van der Waals surface area contributed by atoms with E-state index in [0.29, 0.717) is 43.2 Å². The lowest BCUT2D eigenvalue weighted by atomic mass is 9.69. The van der Waals surface area contributed by atoms with Crippen molar-refractivity contribution in [2.24, 2.45) is 21.7 Å². The second-order valence-corrected chi connectivity index (χ2v) is 15.1. The molecule has 0 unspecified atom stereocenters. The van der Waals surface area contributed by atoms with Gasteiger partial charge in [0.05, 0.1) is 18.0 Å². The number of alkyl halides is 3. The van der Waals surface area contributed by atoms with Crippen LogP contribution in [0.1, 0.15) is 120 Å². The second-order valence-electron chi connectivity index (χ2n) is 15.1. The Labute approximate surface area is 273 Å². The summed E-state index contributed by atoms with van der Waals surface area (Å²) in [6.07, 6.45) is -1.30. The van der Waals surface area contributed by atoms with E-state index in [1.807, 2.05) is 0 Å². The third-order valence-corrected chi connectivity index (χ3v) is 9.36. The molecule has 47 heavy (non-hydrogen) atoms. The van der Waals surface area contributed by atoms with Gasteiger partial charge in [-0.2, -0.15) is 13.2 Å². The predicted octanol–water partition coefficient (Wildman–Crippen LogP) is 8.18. The fourth-order valence-corrected chi connectivity index (χ4v) is 6.68. The maximum Gasteiger partial charge on any atom is 0.416 e. The molecule has 0 radical (unpaired) electrons. The highest BCUT2D eigenvalue weighted by atomic mass is 19.4. The molecule has 256 valence electrons. The van der Waals surface area contributed by atoms with Crippen LogP contribution < -0.4 is 5.32 Å². The topological polar surface area (TPSA) is 99.1 Å². The number of carbonyl (C=O) groups is 3. The van der Waals surface area contributed by atoms with Gasteiger partial charge in [-0.25, -0.2) is 4.39 Å². The standard InChI is InChI=1S/C36H45F4N3O4/c1-33(2,3)15-13-28(22-7-9-23(10-8-22)31(46)41-18-14-29(44)45)43-32(47)30(24-19-26(36(38,39)40)21-27(37)20-24)42-35(43)16-11-25(12-17-35)34(4,5)6/h7-10,19-21,25,28H,11-18H2,1-6H3,(H,41,46)(H,44,45)/t25?,28-,35?/m1/s1. The molecule has 4 rings (SSSR count). The lowest BCUT2D eigenvalue weighted by Crippen LogP contribution is -2.51. The van der Waals surface area contributed by atoms with Crippen molar-refractivity contribution in [2.45, 2.75) is 104 Å². The van der Waals surface area contributed by atoms with Gasteiger partial charge in [0.25, 0.3) is 11.8 Å². The zero-order chi connectivity index (χ0) is 34.9. The van der Waals surface area contributed by atoms with Crippen molar-refractivity contribution >= 4 is 23.5 Å². The highest BCUT2D eigenvalue weighted by Crippen LogP contribution is 2.50. The van der Waals surface area contributed by atoms with Crippen molar-refractivity contribution in [3.63, 3.8) is 0 Å². The smallest absolute Gasteiger partial charge is 0.416 e. The quantitative estimate of drug-likeness (QED) is 0.265. The van der Waals surface area contributed by atoms with E-state index < -0.39 is 47.0 Å². The van der Waals surface area contributed by atoms with Gasteiger partial charge in [-0.15, -0.1) is 0 Å². The summed E-state index contributed by atoms with van der Waals surface area (Å²) < 4.78 is 55.7. The minimum Gasteiger partial charge on any atom is -0.481 e. The minimum absolute atomic E-state index is 0.0122. The van der Waals surface area contributed by atoms with E-state index >= 15 is 0 Å². The van der Waals surface area contributed by atoms with Crippen LogP contribution in [0, 0.1) is 22.6 Å². The van der Waals surface area contributed by atoms with Gasteiger partial charge in [-0.05, 0) is 91.2 Å². The van der Waals surface area contributed by atoms with Gasteiger partial charge in [0.1, 0.15) is 17.2 Å². The summed E-state index contributed by atoms with van der Waals surface area (Å²) in [5, 5.41) is 11.5. The Balaban J connectivity index is 1.78. The molecule has 1 aliphatic heterocycles. The first-order valence-electron chi connectivity index (χ1n) is 16.1. The van der Waals surface area contributed by atoms with Crippen LogP contribution in [0.25, 0.3) is 0 Å². The SMILES string of the molecule is CC(C)(C)CC[C@H](c1ccc(C(=O)NCCC(=O)O)cc1)N1C(=O)C(c2cc(F)cc(C(F)(F)F)c2)=NC12CCC(C(C)(C)C)CC2. The minimum atomic E-state index is -4.81. The molecule has 7 nitrogen and oxygen atoms in total. The molecule has 1 atom stereocenters. The monoisotopic (exact) mass is 659 g/mol. The average molecular weight is 660 g/mol. The summed E-state index contributed by atoms with van der Waals surface area (Å²) in [6, 6.07) is 8.34. The van der Waals surface area contributed by atoms with Crippen LogP contribution in [-0.2, 0) is 15.8 Å². The number of benzene rings is 2. The molecular weight excluding hydrogens is 614 g/mol. The number of rotatable bonds is 9. The van der Waals surface area contributed by atoms with Crippen molar-refractivity contribution in [1.29, 1.82) is 0 Å². The van der Waals surface area contributed by atoms with Crippen LogP contribution in [-0.4, -0.2) is 45.7 Å².